The van der Waals surface area contributed by atoms with E-state index in [0.717, 1.165) is 27.6 Å². The smallest absolute Gasteiger partial charge is 0.351 e. The summed E-state index contributed by atoms with van der Waals surface area (Å²) >= 11 is 1.28. The minimum atomic E-state index is -0.441. The second-order valence-electron chi connectivity index (χ2n) is 7.85. The van der Waals surface area contributed by atoms with Crippen molar-refractivity contribution in [3.05, 3.63) is 52.5 Å². The molecule has 0 saturated carbocycles. The second kappa shape index (κ2) is 10.3. The third kappa shape index (κ3) is 4.93. The summed E-state index contributed by atoms with van der Waals surface area (Å²) in [5.74, 6) is 0.0580. The number of nitrogens with one attached hydrogen (secondary N) is 1. The Morgan fingerprint density at radius 2 is 2.00 bits per heavy atom. The number of anilines is 1. The quantitative estimate of drug-likeness (QED) is 0.317. The number of ether oxygens (including phenoxy) is 3. The average molecular weight is 499 g/mol. The first kappa shape index (κ1) is 24.5. The molecule has 4 rings (SSSR count). The van der Waals surface area contributed by atoms with E-state index < -0.39 is 5.97 Å². The zero-order valence-corrected chi connectivity index (χ0v) is 21.1. The van der Waals surface area contributed by atoms with Crippen LogP contribution < -0.4 is 14.8 Å². The van der Waals surface area contributed by atoms with Crippen molar-refractivity contribution in [1.29, 1.82) is 0 Å². The zero-order chi connectivity index (χ0) is 25.1. The van der Waals surface area contributed by atoms with E-state index >= 15 is 0 Å². The van der Waals surface area contributed by atoms with E-state index in [1.807, 2.05) is 49.6 Å². The van der Waals surface area contributed by atoms with Gasteiger partial charge in [0, 0.05) is 36.2 Å². The molecule has 0 unspecified atom stereocenters. The van der Waals surface area contributed by atoms with E-state index in [1.165, 1.54) is 31.8 Å². The highest BCUT2D eigenvalue weighted by molar-refractivity contribution is 7.17. The summed E-state index contributed by atoms with van der Waals surface area (Å²) in [6.07, 6.45) is 1.18. The van der Waals surface area contributed by atoms with E-state index in [-0.39, 0.29) is 5.82 Å². The molecule has 0 aliphatic heterocycles. The van der Waals surface area contributed by atoms with Crippen molar-refractivity contribution in [2.75, 3.05) is 32.7 Å². The summed E-state index contributed by atoms with van der Waals surface area (Å²) in [5, 5.41) is 4.06. The van der Waals surface area contributed by atoms with Gasteiger partial charge in [0.05, 0.1) is 48.5 Å². The van der Waals surface area contributed by atoms with Gasteiger partial charge in [-0.3, -0.25) is 4.98 Å². The van der Waals surface area contributed by atoms with E-state index in [1.54, 1.807) is 0 Å². The third-order valence-corrected chi connectivity index (χ3v) is 6.61. The van der Waals surface area contributed by atoms with E-state index in [2.05, 4.69) is 15.3 Å². The number of esters is 1. The van der Waals surface area contributed by atoms with Gasteiger partial charge in [0.15, 0.2) is 10.7 Å². The van der Waals surface area contributed by atoms with Crippen molar-refractivity contribution in [3.63, 3.8) is 0 Å². The number of pyridine rings is 2. The van der Waals surface area contributed by atoms with Gasteiger partial charge in [-0.05, 0) is 39.0 Å². The molecule has 0 spiro atoms. The van der Waals surface area contributed by atoms with Gasteiger partial charge in [0.2, 0.25) is 5.88 Å². The molecule has 0 atom stereocenters. The molecule has 0 radical (unpaired) electrons. The summed E-state index contributed by atoms with van der Waals surface area (Å²) in [6.45, 7) is 7.23. The summed E-state index contributed by atoms with van der Waals surface area (Å²) in [6, 6.07) is 7.55. The molecule has 184 valence electrons. The molecule has 0 aromatic carbocycles. The van der Waals surface area contributed by atoms with Crippen molar-refractivity contribution in [2.24, 2.45) is 0 Å². The van der Waals surface area contributed by atoms with Crippen LogP contribution in [-0.2, 0) is 11.3 Å². The first-order chi connectivity index (χ1) is 16.9. The number of hydrogen-bond acceptors (Lipinski definition) is 8. The SMILES string of the molecule is CCOc1cc(-c2cc(NCCn3c(C)cc4c(OC)ncc(F)c43)cc(C)n2)sc1C(=O)OC. The van der Waals surface area contributed by atoms with Gasteiger partial charge in [0.1, 0.15) is 5.75 Å². The van der Waals surface area contributed by atoms with Gasteiger partial charge in [0.25, 0.3) is 0 Å². The monoisotopic (exact) mass is 498 g/mol. The molecule has 35 heavy (non-hydrogen) atoms. The first-order valence-corrected chi connectivity index (χ1v) is 11.9. The lowest BCUT2D eigenvalue weighted by molar-refractivity contribution is 0.0602. The molecule has 0 fully saturated rings. The number of thiophene rings is 1. The molecule has 0 amide bonds. The molecule has 0 aliphatic carbocycles. The van der Waals surface area contributed by atoms with Crippen molar-refractivity contribution < 1.29 is 23.4 Å². The number of hydrogen-bond donors (Lipinski definition) is 1. The largest absolute Gasteiger partial charge is 0.492 e. The molecule has 10 heteroatoms. The van der Waals surface area contributed by atoms with Crippen LogP contribution in [0.4, 0.5) is 10.1 Å². The summed E-state index contributed by atoms with van der Waals surface area (Å²) in [4.78, 5) is 22.0. The molecule has 0 saturated heterocycles. The number of halogens is 1. The molecular formula is C25H27FN4O4S. The maximum Gasteiger partial charge on any atom is 0.351 e. The Labute approximate surface area is 206 Å². The number of aryl methyl sites for hydroxylation is 2. The van der Waals surface area contributed by atoms with Crippen LogP contribution in [0.3, 0.4) is 0 Å². The Hall–Kier alpha value is -3.66. The molecule has 4 aromatic rings. The van der Waals surface area contributed by atoms with Crippen LogP contribution >= 0.6 is 11.3 Å². The highest BCUT2D eigenvalue weighted by Gasteiger charge is 2.20. The Kier molecular flexibility index (Phi) is 7.20. The highest BCUT2D eigenvalue weighted by atomic mass is 32.1. The summed E-state index contributed by atoms with van der Waals surface area (Å²) in [5.41, 5.74) is 3.79. The van der Waals surface area contributed by atoms with Crippen LogP contribution in [0.2, 0.25) is 0 Å². The highest BCUT2D eigenvalue weighted by Crippen LogP contribution is 2.37. The van der Waals surface area contributed by atoms with E-state index in [4.69, 9.17) is 14.2 Å². The van der Waals surface area contributed by atoms with Gasteiger partial charge < -0.3 is 24.1 Å². The van der Waals surface area contributed by atoms with Gasteiger partial charge >= 0.3 is 5.97 Å². The van der Waals surface area contributed by atoms with Crippen LogP contribution in [0.1, 0.15) is 28.0 Å². The molecule has 0 aliphatic rings. The Morgan fingerprint density at radius 1 is 1.20 bits per heavy atom. The minimum Gasteiger partial charge on any atom is -0.492 e. The lowest BCUT2D eigenvalue weighted by Gasteiger charge is -2.12. The van der Waals surface area contributed by atoms with Crippen LogP contribution in [-0.4, -0.2) is 47.9 Å². The number of nitrogens with zero attached hydrogens (tertiary/aromatic N) is 3. The van der Waals surface area contributed by atoms with E-state index in [9.17, 15) is 9.18 Å². The molecule has 4 heterocycles. The van der Waals surface area contributed by atoms with Crippen molar-refractivity contribution in [1.82, 2.24) is 14.5 Å². The normalized spacial score (nSPS) is 11.0. The number of carbonyl (C=O) groups excluding carboxylic acids is 1. The maximum absolute atomic E-state index is 14.6. The fraction of sp³-hybridized carbons (Fsp3) is 0.320. The molecule has 1 N–H and O–H groups in total. The van der Waals surface area contributed by atoms with Gasteiger partial charge in [-0.15, -0.1) is 11.3 Å². The lowest BCUT2D eigenvalue weighted by atomic mass is 10.2. The minimum absolute atomic E-state index is 0.389. The van der Waals surface area contributed by atoms with Crippen molar-refractivity contribution in [2.45, 2.75) is 27.3 Å². The van der Waals surface area contributed by atoms with Gasteiger partial charge in [-0.1, -0.05) is 0 Å². The van der Waals surface area contributed by atoms with Gasteiger partial charge in [-0.2, -0.15) is 0 Å². The number of aromatic nitrogens is 3. The number of fused-ring (bicyclic) bond motifs is 1. The first-order valence-electron chi connectivity index (χ1n) is 11.1. The van der Waals surface area contributed by atoms with Crippen molar-refractivity contribution >= 4 is 33.9 Å². The molecule has 4 aromatic heterocycles. The Morgan fingerprint density at radius 3 is 2.71 bits per heavy atom. The third-order valence-electron chi connectivity index (χ3n) is 5.49. The van der Waals surface area contributed by atoms with Gasteiger partial charge in [-0.25, -0.2) is 14.2 Å². The maximum atomic E-state index is 14.6. The number of rotatable bonds is 9. The van der Waals surface area contributed by atoms with Crippen molar-refractivity contribution in [3.8, 4) is 22.2 Å². The van der Waals surface area contributed by atoms with Crippen LogP contribution in [0.25, 0.3) is 21.5 Å². The Bertz CT molecular complexity index is 1380. The molecule has 8 nitrogen and oxygen atoms in total. The summed E-state index contributed by atoms with van der Waals surface area (Å²) < 4.78 is 32.3. The number of carbonyl (C=O) groups is 1. The summed E-state index contributed by atoms with van der Waals surface area (Å²) in [7, 11) is 2.87. The standard InChI is InChI=1S/C25H27FN4O4S/c1-6-34-20-12-21(35-23(20)25(31)33-5)19-11-16(9-14(2)29-19)27-7-8-30-15(3)10-17-22(30)18(26)13-28-24(17)32-4/h9-13H,6-8H2,1-5H3,(H,27,29). The second-order valence-corrected chi connectivity index (χ2v) is 8.91. The van der Waals surface area contributed by atoms with Crippen LogP contribution in [0, 0.1) is 19.7 Å². The lowest BCUT2D eigenvalue weighted by Crippen LogP contribution is -2.12. The van der Waals surface area contributed by atoms with Crippen LogP contribution in [0.5, 0.6) is 11.6 Å². The predicted molar refractivity (Wildman–Crippen MR) is 134 cm³/mol. The Balaban J connectivity index is 1.57. The fourth-order valence-corrected chi connectivity index (χ4v) is 4.98. The topological polar surface area (TPSA) is 87.5 Å². The van der Waals surface area contributed by atoms with Crippen LogP contribution in [0.15, 0.2) is 30.5 Å². The number of methoxy groups -OCH3 is 2. The van der Waals surface area contributed by atoms with E-state index in [0.29, 0.717) is 47.1 Å². The predicted octanol–water partition coefficient (Wildman–Crippen LogP) is 5.22. The molecular weight excluding hydrogens is 471 g/mol. The average Bonchev–Trinajstić information content (AvgIpc) is 3.41. The zero-order valence-electron chi connectivity index (χ0n) is 20.3. The fourth-order valence-electron chi connectivity index (χ4n) is 4.00. The molecule has 0 bridgehead atoms.